The molecule has 12 nitrogen and oxygen atoms in total. The molecule has 0 radical (unpaired) electrons. The molecule has 52 heavy (non-hydrogen) atoms. The van der Waals surface area contributed by atoms with Crippen molar-refractivity contribution in [2.75, 3.05) is 68.5 Å². The number of nitrogens with one attached hydrogen (secondary N) is 1. The summed E-state index contributed by atoms with van der Waals surface area (Å²) in [5.74, 6) is 1.14. The van der Waals surface area contributed by atoms with Crippen LogP contribution in [0, 0.1) is 6.92 Å². The second kappa shape index (κ2) is 14.6. The minimum absolute atomic E-state index is 0.168. The summed E-state index contributed by atoms with van der Waals surface area (Å²) in [7, 11) is 3.82. The van der Waals surface area contributed by atoms with Gasteiger partial charge in [0.05, 0.1) is 30.2 Å². The summed E-state index contributed by atoms with van der Waals surface area (Å²) < 4.78 is 7.56. The van der Waals surface area contributed by atoms with Crippen molar-refractivity contribution in [2.24, 2.45) is 0 Å². The van der Waals surface area contributed by atoms with E-state index in [0.717, 1.165) is 55.0 Å². The molecule has 2 saturated heterocycles. The van der Waals surface area contributed by atoms with Crippen molar-refractivity contribution in [1.82, 2.24) is 24.3 Å². The van der Waals surface area contributed by atoms with Gasteiger partial charge < -0.3 is 29.7 Å². The number of hydrogen-bond acceptors (Lipinski definition) is 9. The van der Waals surface area contributed by atoms with Gasteiger partial charge in [-0.1, -0.05) is 31.4 Å². The van der Waals surface area contributed by atoms with E-state index in [1.54, 1.807) is 27.7 Å². The van der Waals surface area contributed by atoms with Gasteiger partial charge in [0.25, 0.3) is 11.5 Å². The maximum Gasteiger partial charge on any atom is 0.276 e. The van der Waals surface area contributed by atoms with Crippen LogP contribution >= 0.6 is 0 Å². The number of aryl methyl sites for hydroxylation is 1. The number of rotatable bonds is 8. The van der Waals surface area contributed by atoms with Gasteiger partial charge in [-0.15, -0.1) is 0 Å². The van der Waals surface area contributed by atoms with Crippen molar-refractivity contribution in [2.45, 2.75) is 44.6 Å². The first-order valence-electron chi connectivity index (χ1n) is 18.0. The second-order valence-electron chi connectivity index (χ2n) is 13.9. The third-order valence-electron chi connectivity index (χ3n) is 10.7. The number of para-hydroxylation sites is 1. The number of aromatic nitrogens is 3. The van der Waals surface area contributed by atoms with Crippen LogP contribution in [-0.4, -0.2) is 89.6 Å². The molecule has 2 fully saturated rings. The van der Waals surface area contributed by atoms with Crippen molar-refractivity contribution in [3.63, 3.8) is 0 Å². The number of hydrogen-bond donors (Lipinski definition) is 1. The highest BCUT2D eigenvalue weighted by Gasteiger charge is 2.32. The zero-order valence-electron chi connectivity index (χ0n) is 30.2. The summed E-state index contributed by atoms with van der Waals surface area (Å²) in [5.41, 5.74) is 5.08. The molecule has 0 bridgehead atoms. The molecular formula is C40H46N8O4. The smallest absolute Gasteiger partial charge is 0.276 e. The molecule has 0 saturated carbocycles. The van der Waals surface area contributed by atoms with Gasteiger partial charge in [-0.3, -0.25) is 19.0 Å². The molecule has 1 atom stereocenters. The quantitative estimate of drug-likeness (QED) is 0.232. The van der Waals surface area contributed by atoms with Gasteiger partial charge in [0, 0.05) is 37.8 Å². The number of anilines is 5. The number of pyridine rings is 1. The predicted octanol–water partition coefficient (Wildman–Crippen LogP) is 5.68. The van der Waals surface area contributed by atoms with Crippen molar-refractivity contribution >= 4 is 51.5 Å². The highest BCUT2D eigenvalue weighted by atomic mass is 16.5. The van der Waals surface area contributed by atoms with Gasteiger partial charge in [0.2, 0.25) is 11.9 Å². The van der Waals surface area contributed by atoms with Crippen LogP contribution in [0.1, 0.15) is 48.8 Å². The largest absolute Gasteiger partial charge is 0.495 e. The Bertz CT molecular complexity index is 2100. The van der Waals surface area contributed by atoms with Gasteiger partial charge in [-0.25, -0.2) is 4.98 Å². The molecule has 5 heterocycles. The van der Waals surface area contributed by atoms with Crippen molar-refractivity contribution in [3.8, 4) is 5.75 Å². The van der Waals surface area contributed by atoms with Crippen LogP contribution in [0.5, 0.6) is 5.75 Å². The summed E-state index contributed by atoms with van der Waals surface area (Å²) in [5, 5.41) is 4.03. The van der Waals surface area contributed by atoms with E-state index in [9.17, 15) is 14.4 Å². The number of likely N-dealkylation sites (tertiary alicyclic amines) is 2. The Morgan fingerprint density at radius 3 is 2.50 bits per heavy atom. The minimum atomic E-state index is -0.334. The van der Waals surface area contributed by atoms with E-state index in [1.165, 1.54) is 17.7 Å². The first kappa shape index (κ1) is 34.9. The Kier molecular flexibility index (Phi) is 9.83. The van der Waals surface area contributed by atoms with Crippen LogP contribution in [0.25, 0.3) is 11.0 Å². The molecular weight excluding hydrogens is 656 g/mol. The van der Waals surface area contributed by atoms with Gasteiger partial charge >= 0.3 is 0 Å². The summed E-state index contributed by atoms with van der Waals surface area (Å²) in [6, 6.07) is 13.6. The van der Waals surface area contributed by atoms with Gasteiger partial charge in [0.15, 0.2) is 0 Å². The molecule has 0 unspecified atom stereocenters. The van der Waals surface area contributed by atoms with Crippen LogP contribution in [0.2, 0.25) is 0 Å². The van der Waals surface area contributed by atoms with Crippen molar-refractivity contribution in [3.05, 3.63) is 95.5 Å². The van der Waals surface area contributed by atoms with Crippen LogP contribution < -0.4 is 25.4 Å². The molecule has 2 amide bonds. The molecule has 2 aromatic heterocycles. The maximum absolute atomic E-state index is 14.9. The third-order valence-corrected chi connectivity index (χ3v) is 10.7. The lowest BCUT2D eigenvalue weighted by molar-refractivity contribution is -0.127. The van der Waals surface area contributed by atoms with E-state index in [0.29, 0.717) is 66.9 Å². The number of carbonyl (C=O) groups excluding carboxylic acids is 2. The fourth-order valence-electron chi connectivity index (χ4n) is 7.95. The monoisotopic (exact) mass is 702 g/mol. The predicted molar refractivity (Wildman–Crippen MR) is 205 cm³/mol. The van der Waals surface area contributed by atoms with Crippen LogP contribution in [0.15, 0.2) is 78.8 Å². The fourth-order valence-corrected chi connectivity index (χ4v) is 7.95. The molecule has 0 spiro atoms. The van der Waals surface area contributed by atoms with Crippen LogP contribution in [0.3, 0.4) is 0 Å². The summed E-state index contributed by atoms with van der Waals surface area (Å²) in [4.78, 5) is 58.0. The average molecular weight is 703 g/mol. The Balaban J connectivity index is 1.31. The minimum Gasteiger partial charge on any atom is -0.495 e. The number of nitrogens with zero attached hydrogens (tertiary/aromatic N) is 7. The Hall–Kier alpha value is -5.49. The number of fused-ring (bicyclic) bond motifs is 2. The molecule has 3 aliphatic rings. The first-order valence-corrected chi connectivity index (χ1v) is 18.0. The maximum atomic E-state index is 14.9. The van der Waals surface area contributed by atoms with E-state index >= 15 is 0 Å². The second-order valence-corrected chi connectivity index (χ2v) is 13.9. The standard InChI is InChI=1S/C40H46N8O4/c1-6-35(49)45-17-9-11-30(25-45)48-38-29(22-33(39(48)51)46-20-21-47(36(50)7-2)37-26(3)10-8-12-32(37)46)24-41-40(43-38)42-31-14-13-28(23-34(31)52-5)27-15-18-44(4)19-16-27/h6-8,10,12-14,22-24,27,30H,1-2,9,11,15-21,25H2,3-5H3,(H,41,42,43)/t30-/m1/s1. The molecule has 4 aromatic rings. The summed E-state index contributed by atoms with van der Waals surface area (Å²) in [6.45, 7) is 13.2. The Morgan fingerprint density at radius 2 is 1.75 bits per heavy atom. The molecule has 7 rings (SSSR count). The molecule has 3 aliphatic heterocycles. The van der Waals surface area contributed by atoms with Gasteiger partial charge in [0.1, 0.15) is 17.1 Å². The first-order chi connectivity index (χ1) is 25.2. The average Bonchev–Trinajstić information content (AvgIpc) is 3.17. The number of piperidine rings is 2. The summed E-state index contributed by atoms with van der Waals surface area (Å²) in [6.07, 6.45) is 7.98. The molecule has 2 aromatic carbocycles. The van der Waals surface area contributed by atoms with E-state index in [2.05, 4.69) is 42.6 Å². The van der Waals surface area contributed by atoms with Gasteiger partial charge in [-0.2, -0.15) is 4.98 Å². The topological polar surface area (TPSA) is 116 Å². The highest BCUT2D eigenvalue weighted by molar-refractivity contribution is 6.05. The molecule has 1 N–H and O–H groups in total. The zero-order chi connectivity index (χ0) is 36.5. The number of benzene rings is 2. The number of amides is 2. The number of methoxy groups -OCH3 is 1. The molecule has 270 valence electrons. The fraction of sp³-hybridized carbons (Fsp3) is 0.375. The van der Waals surface area contributed by atoms with Gasteiger partial charge in [-0.05, 0) is 106 Å². The Morgan fingerprint density at radius 1 is 0.962 bits per heavy atom. The number of carbonyl (C=O) groups is 2. The van der Waals surface area contributed by atoms with Crippen molar-refractivity contribution < 1.29 is 14.3 Å². The zero-order valence-corrected chi connectivity index (χ0v) is 30.2. The normalized spacial score (nSPS) is 18.2. The van der Waals surface area contributed by atoms with E-state index < -0.39 is 0 Å². The Labute approximate surface area is 304 Å². The lowest BCUT2D eigenvalue weighted by atomic mass is 9.89. The van der Waals surface area contributed by atoms with Crippen LogP contribution in [0.4, 0.5) is 28.7 Å². The highest BCUT2D eigenvalue weighted by Crippen LogP contribution is 2.40. The van der Waals surface area contributed by atoms with E-state index in [-0.39, 0.29) is 23.4 Å². The molecule has 0 aliphatic carbocycles. The lowest BCUT2D eigenvalue weighted by Crippen LogP contribution is -2.45. The third kappa shape index (κ3) is 6.54. The summed E-state index contributed by atoms with van der Waals surface area (Å²) >= 11 is 0. The van der Waals surface area contributed by atoms with E-state index in [1.807, 2.05) is 42.2 Å². The van der Waals surface area contributed by atoms with Crippen molar-refractivity contribution in [1.29, 1.82) is 0 Å². The lowest BCUT2D eigenvalue weighted by Gasteiger charge is -2.39. The number of ether oxygens (including phenoxy) is 1. The SMILES string of the molecule is C=CC(=O)N1CCC[C@@H](n2c(=O)c(N3CCN(C(=O)C=C)c4c(C)cccc43)cc3cnc(Nc4ccc(C5CCN(C)CC5)cc4OC)nc32)C1. The molecule has 12 heteroatoms. The van der Waals surface area contributed by atoms with E-state index in [4.69, 9.17) is 14.7 Å². The van der Waals surface area contributed by atoms with Crippen LogP contribution in [-0.2, 0) is 9.59 Å².